The van der Waals surface area contributed by atoms with Crippen molar-refractivity contribution >= 4 is 38.7 Å². The summed E-state index contributed by atoms with van der Waals surface area (Å²) in [7, 11) is -2.03. The van der Waals surface area contributed by atoms with Crippen LogP contribution in [0.4, 0.5) is 0 Å². The molecule has 0 unspecified atom stereocenters. The second-order valence-corrected chi connectivity index (χ2v) is 10.1. The van der Waals surface area contributed by atoms with Crippen LogP contribution in [0.5, 0.6) is 5.75 Å². The molecular formula is C21H26N4O4S2. The maximum Gasteiger partial charge on any atom is 0.243 e. The number of rotatable bonds is 9. The zero-order valence-corrected chi connectivity index (χ0v) is 19.5. The van der Waals surface area contributed by atoms with Crippen molar-refractivity contribution < 1.29 is 17.9 Å². The van der Waals surface area contributed by atoms with Crippen LogP contribution in [0, 0.1) is 0 Å². The number of hydrogen-bond acceptors (Lipinski definition) is 6. The maximum atomic E-state index is 12.9. The van der Waals surface area contributed by atoms with E-state index in [1.807, 2.05) is 28.8 Å². The molecule has 0 fully saturated rings. The molecule has 2 N–H and O–H groups in total. The maximum absolute atomic E-state index is 12.9. The molecule has 0 aliphatic rings. The Balaban J connectivity index is 2.18. The molecule has 1 heterocycles. The molecule has 0 aliphatic carbocycles. The van der Waals surface area contributed by atoms with Crippen LogP contribution in [0.3, 0.4) is 0 Å². The number of ether oxygens (including phenoxy) is 1. The van der Waals surface area contributed by atoms with Gasteiger partial charge in [-0.2, -0.15) is 4.31 Å². The Kier molecular flexibility index (Phi) is 6.93. The van der Waals surface area contributed by atoms with Crippen LogP contribution in [0.25, 0.3) is 16.7 Å². The lowest BCUT2D eigenvalue weighted by Crippen LogP contribution is -2.30. The molecule has 31 heavy (non-hydrogen) atoms. The smallest absolute Gasteiger partial charge is 0.243 e. The van der Waals surface area contributed by atoms with Crippen LogP contribution in [0.2, 0.25) is 0 Å². The Bertz CT molecular complexity index is 1190. The molecule has 0 saturated heterocycles. The van der Waals surface area contributed by atoms with Crippen molar-refractivity contribution in [1.82, 2.24) is 13.9 Å². The summed E-state index contributed by atoms with van der Waals surface area (Å²) in [5.41, 5.74) is 7.50. The third-order valence-electron chi connectivity index (χ3n) is 4.95. The fraction of sp³-hybridized carbons (Fsp3) is 0.333. The van der Waals surface area contributed by atoms with Gasteiger partial charge < -0.3 is 10.5 Å². The van der Waals surface area contributed by atoms with Gasteiger partial charge in [0.1, 0.15) is 5.75 Å². The molecule has 1 atom stereocenters. The number of imidazole rings is 1. The predicted octanol–water partition coefficient (Wildman–Crippen LogP) is 3.03. The first-order valence-corrected chi connectivity index (χ1v) is 12.2. The number of amides is 1. The molecule has 2 aromatic carbocycles. The van der Waals surface area contributed by atoms with Crippen molar-refractivity contribution in [3.05, 3.63) is 42.5 Å². The molecule has 166 valence electrons. The van der Waals surface area contributed by atoms with Crippen LogP contribution in [-0.2, 0) is 14.8 Å². The van der Waals surface area contributed by atoms with Crippen LogP contribution in [0.1, 0.15) is 20.8 Å². The van der Waals surface area contributed by atoms with E-state index in [-0.39, 0.29) is 4.90 Å². The summed E-state index contributed by atoms with van der Waals surface area (Å²) < 4.78 is 34.4. The molecule has 3 aromatic rings. The van der Waals surface area contributed by atoms with Gasteiger partial charge in [0.05, 0.1) is 28.3 Å². The van der Waals surface area contributed by atoms with Gasteiger partial charge >= 0.3 is 0 Å². The Hall–Kier alpha value is -2.56. The first-order valence-electron chi connectivity index (χ1n) is 9.86. The summed E-state index contributed by atoms with van der Waals surface area (Å²) in [6, 6.07) is 12.3. The second-order valence-electron chi connectivity index (χ2n) is 6.83. The van der Waals surface area contributed by atoms with Crippen LogP contribution >= 0.6 is 11.8 Å². The largest absolute Gasteiger partial charge is 0.497 e. The van der Waals surface area contributed by atoms with Crippen LogP contribution in [-0.4, -0.2) is 53.6 Å². The van der Waals surface area contributed by atoms with Crippen molar-refractivity contribution in [1.29, 1.82) is 0 Å². The standard InChI is InChI=1S/C21H26N4O4S2/c1-5-24(6-2)31(27,28)17-11-12-19-18(13-17)23-21(30-14(3)20(22)26)25(19)15-7-9-16(29-4)10-8-15/h7-14H,5-6H2,1-4H3,(H2,22,26)/t14-/m0/s1. The van der Waals surface area contributed by atoms with E-state index in [4.69, 9.17) is 10.5 Å². The van der Waals surface area contributed by atoms with Gasteiger partial charge in [0, 0.05) is 18.8 Å². The van der Waals surface area contributed by atoms with Gasteiger partial charge in [0.15, 0.2) is 5.16 Å². The molecule has 8 nitrogen and oxygen atoms in total. The molecule has 1 amide bonds. The van der Waals surface area contributed by atoms with Crippen molar-refractivity contribution in [3.63, 3.8) is 0 Å². The summed E-state index contributed by atoms with van der Waals surface area (Å²) in [4.78, 5) is 16.5. The van der Waals surface area contributed by atoms with Crippen molar-refractivity contribution in [2.24, 2.45) is 5.73 Å². The highest BCUT2D eigenvalue weighted by atomic mass is 32.2. The average Bonchev–Trinajstić information content (AvgIpc) is 3.11. The molecule has 0 radical (unpaired) electrons. The van der Waals surface area contributed by atoms with Gasteiger partial charge in [-0.25, -0.2) is 13.4 Å². The number of aromatic nitrogens is 2. The Morgan fingerprint density at radius 3 is 2.39 bits per heavy atom. The van der Waals surface area contributed by atoms with E-state index >= 15 is 0 Å². The normalized spacial score (nSPS) is 12.9. The first kappa shape index (κ1) is 23.1. The highest BCUT2D eigenvalue weighted by Gasteiger charge is 2.24. The Morgan fingerprint density at radius 2 is 1.84 bits per heavy atom. The number of fused-ring (bicyclic) bond motifs is 1. The molecule has 10 heteroatoms. The summed E-state index contributed by atoms with van der Waals surface area (Å²) in [5.74, 6) is 0.253. The topological polar surface area (TPSA) is 108 Å². The molecular weight excluding hydrogens is 436 g/mol. The highest BCUT2D eigenvalue weighted by Crippen LogP contribution is 2.32. The van der Waals surface area contributed by atoms with E-state index in [1.165, 1.54) is 16.1 Å². The van der Waals surface area contributed by atoms with Crippen molar-refractivity contribution in [2.75, 3.05) is 20.2 Å². The molecule has 3 rings (SSSR count). The Morgan fingerprint density at radius 1 is 1.19 bits per heavy atom. The SMILES string of the molecule is CCN(CC)S(=O)(=O)c1ccc2c(c1)nc(S[C@@H](C)C(N)=O)n2-c1ccc(OC)cc1. The van der Waals surface area contributed by atoms with E-state index in [9.17, 15) is 13.2 Å². The lowest BCUT2D eigenvalue weighted by Gasteiger charge is -2.18. The van der Waals surface area contributed by atoms with Crippen molar-refractivity contribution in [3.8, 4) is 11.4 Å². The number of nitrogens with two attached hydrogens (primary N) is 1. The van der Waals surface area contributed by atoms with Gasteiger partial charge in [0.25, 0.3) is 0 Å². The number of methoxy groups -OCH3 is 1. The molecule has 1 aromatic heterocycles. The first-order chi connectivity index (χ1) is 14.7. The summed E-state index contributed by atoms with van der Waals surface area (Å²) in [6.45, 7) is 6.08. The van der Waals surface area contributed by atoms with Gasteiger partial charge in [-0.1, -0.05) is 25.6 Å². The fourth-order valence-corrected chi connectivity index (χ4v) is 5.56. The van der Waals surface area contributed by atoms with E-state index in [2.05, 4.69) is 4.98 Å². The zero-order valence-electron chi connectivity index (χ0n) is 17.9. The van der Waals surface area contributed by atoms with Gasteiger partial charge in [0.2, 0.25) is 15.9 Å². The molecule has 0 aliphatic heterocycles. The summed E-state index contributed by atoms with van der Waals surface area (Å²) in [6.07, 6.45) is 0. The number of carbonyl (C=O) groups is 1. The predicted molar refractivity (Wildman–Crippen MR) is 122 cm³/mol. The van der Waals surface area contributed by atoms with E-state index < -0.39 is 21.2 Å². The minimum atomic E-state index is -3.62. The van der Waals surface area contributed by atoms with Crippen LogP contribution in [0.15, 0.2) is 52.5 Å². The third kappa shape index (κ3) is 4.56. The number of benzene rings is 2. The number of thioether (sulfide) groups is 1. The van der Waals surface area contributed by atoms with E-state index in [0.29, 0.717) is 29.5 Å². The monoisotopic (exact) mass is 462 g/mol. The number of nitrogens with zero attached hydrogens (tertiary/aromatic N) is 3. The lowest BCUT2D eigenvalue weighted by molar-refractivity contribution is -0.117. The molecule has 0 saturated carbocycles. The van der Waals surface area contributed by atoms with Crippen LogP contribution < -0.4 is 10.5 Å². The van der Waals surface area contributed by atoms with E-state index in [1.54, 1.807) is 46.1 Å². The highest BCUT2D eigenvalue weighted by molar-refractivity contribution is 8.00. The van der Waals surface area contributed by atoms with Gasteiger partial charge in [-0.3, -0.25) is 9.36 Å². The molecule has 0 spiro atoms. The Labute approximate surface area is 186 Å². The van der Waals surface area contributed by atoms with Crippen molar-refractivity contribution in [2.45, 2.75) is 36.1 Å². The zero-order chi connectivity index (χ0) is 22.8. The summed E-state index contributed by atoms with van der Waals surface area (Å²) >= 11 is 1.22. The number of primary amides is 1. The summed E-state index contributed by atoms with van der Waals surface area (Å²) in [5, 5.41) is 0.0385. The second kappa shape index (κ2) is 9.29. The minimum Gasteiger partial charge on any atom is -0.497 e. The number of carbonyl (C=O) groups excluding carboxylic acids is 1. The number of hydrogen-bond donors (Lipinski definition) is 1. The van der Waals surface area contributed by atoms with E-state index in [0.717, 1.165) is 11.2 Å². The quantitative estimate of drug-likeness (QED) is 0.490. The molecule has 0 bridgehead atoms. The minimum absolute atomic E-state index is 0.183. The number of sulfonamides is 1. The average molecular weight is 463 g/mol. The van der Waals surface area contributed by atoms with Gasteiger partial charge in [-0.15, -0.1) is 0 Å². The third-order valence-corrected chi connectivity index (χ3v) is 8.07. The fourth-order valence-electron chi connectivity index (χ4n) is 3.19. The lowest BCUT2D eigenvalue weighted by atomic mass is 10.2. The van der Waals surface area contributed by atoms with Gasteiger partial charge in [-0.05, 0) is 49.4 Å².